The second-order valence-corrected chi connectivity index (χ2v) is 4.07. The van der Waals surface area contributed by atoms with Crippen LogP contribution in [0.4, 0.5) is 4.39 Å². The highest BCUT2D eigenvalue weighted by atomic mass is 19.1. The van der Waals surface area contributed by atoms with Crippen molar-refractivity contribution in [1.29, 1.82) is 0 Å². The first kappa shape index (κ1) is 10.1. The second-order valence-electron chi connectivity index (χ2n) is 4.07. The van der Waals surface area contributed by atoms with Crippen molar-refractivity contribution < 1.29 is 8.81 Å². The number of furan rings is 1. The van der Waals surface area contributed by atoms with Gasteiger partial charge < -0.3 is 9.40 Å². The molecule has 86 valence electrons. The van der Waals surface area contributed by atoms with Gasteiger partial charge in [0.1, 0.15) is 23.2 Å². The van der Waals surface area contributed by atoms with Crippen molar-refractivity contribution in [3.05, 3.63) is 41.6 Å². The number of hydrogen-bond donors (Lipinski definition) is 1. The molecule has 4 heteroatoms. The van der Waals surface area contributed by atoms with Crippen LogP contribution in [-0.4, -0.2) is 9.97 Å². The highest BCUT2D eigenvalue weighted by molar-refractivity contribution is 5.79. The van der Waals surface area contributed by atoms with Gasteiger partial charge in [0, 0.05) is 0 Å². The van der Waals surface area contributed by atoms with Crippen molar-refractivity contribution in [2.45, 2.75) is 13.8 Å². The molecule has 0 aliphatic carbocycles. The van der Waals surface area contributed by atoms with Crippen molar-refractivity contribution >= 4 is 11.0 Å². The molecule has 1 aromatic carbocycles. The Hall–Kier alpha value is -2.10. The number of nitrogens with one attached hydrogen (secondary N) is 1. The van der Waals surface area contributed by atoms with Crippen LogP contribution in [-0.2, 0) is 0 Å². The van der Waals surface area contributed by atoms with Gasteiger partial charge >= 0.3 is 0 Å². The van der Waals surface area contributed by atoms with E-state index in [-0.39, 0.29) is 5.82 Å². The highest BCUT2D eigenvalue weighted by Crippen LogP contribution is 2.26. The van der Waals surface area contributed by atoms with Crippen LogP contribution in [0.25, 0.3) is 22.4 Å². The molecular formula is C13H11FN2O. The van der Waals surface area contributed by atoms with Crippen molar-refractivity contribution in [3.63, 3.8) is 0 Å². The number of nitrogens with zero attached hydrogens (tertiary/aromatic N) is 1. The minimum Gasteiger partial charge on any atom is -0.466 e. The first-order valence-electron chi connectivity index (χ1n) is 5.36. The smallest absolute Gasteiger partial charge is 0.142 e. The van der Waals surface area contributed by atoms with Crippen LogP contribution >= 0.6 is 0 Å². The molecule has 3 nitrogen and oxygen atoms in total. The molecule has 0 spiro atoms. The molecule has 0 fully saturated rings. The fourth-order valence-electron chi connectivity index (χ4n) is 1.98. The molecule has 3 aromatic rings. The molecular weight excluding hydrogens is 219 g/mol. The molecule has 0 atom stereocenters. The fraction of sp³-hybridized carbons (Fsp3) is 0.154. The number of halogens is 1. The van der Waals surface area contributed by atoms with E-state index in [1.54, 1.807) is 6.07 Å². The minimum atomic E-state index is -0.271. The van der Waals surface area contributed by atoms with Gasteiger partial charge in [-0.15, -0.1) is 0 Å². The maximum atomic E-state index is 13.1. The van der Waals surface area contributed by atoms with E-state index in [4.69, 9.17) is 4.42 Å². The van der Waals surface area contributed by atoms with Gasteiger partial charge in [-0.2, -0.15) is 0 Å². The zero-order chi connectivity index (χ0) is 12.0. The highest BCUT2D eigenvalue weighted by Gasteiger charge is 2.11. The zero-order valence-corrected chi connectivity index (χ0v) is 9.54. The van der Waals surface area contributed by atoms with E-state index in [9.17, 15) is 4.39 Å². The van der Waals surface area contributed by atoms with Crippen molar-refractivity contribution in [2.24, 2.45) is 0 Å². The Morgan fingerprint density at radius 2 is 2.06 bits per heavy atom. The van der Waals surface area contributed by atoms with Crippen molar-refractivity contribution in [1.82, 2.24) is 9.97 Å². The van der Waals surface area contributed by atoms with Gasteiger partial charge in [-0.3, -0.25) is 0 Å². The molecule has 2 aromatic heterocycles. The van der Waals surface area contributed by atoms with Gasteiger partial charge in [0.15, 0.2) is 0 Å². The van der Waals surface area contributed by atoms with Crippen LogP contribution in [0.15, 0.2) is 28.7 Å². The van der Waals surface area contributed by atoms with Crippen LogP contribution in [0.5, 0.6) is 0 Å². The van der Waals surface area contributed by atoms with Gasteiger partial charge in [0.2, 0.25) is 0 Å². The lowest BCUT2D eigenvalue weighted by Gasteiger charge is -1.90. The average Bonchev–Trinajstić information content (AvgIpc) is 2.80. The molecule has 0 bridgehead atoms. The molecule has 0 radical (unpaired) electrons. The first-order chi connectivity index (χ1) is 8.13. The zero-order valence-electron chi connectivity index (χ0n) is 9.54. The summed E-state index contributed by atoms with van der Waals surface area (Å²) in [5, 5.41) is 0. The third kappa shape index (κ3) is 1.62. The Bertz CT molecular complexity index is 697. The maximum Gasteiger partial charge on any atom is 0.142 e. The van der Waals surface area contributed by atoms with E-state index in [1.165, 1.54) is 12.1 Å². The summed E-state index contributed by atoms with van der Waals surface area (Å²) in [6.07, 6.45) is 0. The van der Waals surface area contributed by atoms with Crippen LogP contribution in [0.1, 0.15) is 11.5 Å². The summed E-state index contributed by atoms with van der Waals surface area (Å²) in [5.41, 5.74) is 2.36. The average molecular weight is 230 g/mol. The van der Waals surface area contributed by atoms with Crippen LogP contribution in [0, 0.1) is 19.7 Å². The Balaban J connectivity index is 2.21. The van der Waals surface area contributed by atoms with E-state index < -0.39 is 0 Å². The molecule has 0 unspecified atom stereocenters. The topological polar surface area (TPSA) is 41.8 Å². The van der Waals surface area contributed by atoms with E-state index in [0.29, 0.717) is 11.3 Å². The van der Waals surface area contributed by atoms with Gasteiger partial charge in [0.05, 0.1) is 16.6 Å². The molecule has 17 heavy (non-hydrogen) atoms. The first-order valence-corrected chi connectivity index (χ1v) is 5.36. The summed E-state index contributed by atoms with van der Waals surface area (Å²) >= 11 is 0. The third-order valence-corrected chi connectivity index (χ3v) is 2.74. The number of benzene rings is 1. The second kappa shape index (κ2) is 3.45. The maximum absolute atomic E-state index is 13.1. The van der Waals surface area contributed by atoms with Crippen molar-refractivity contribution in [3.8, 4) is 11.4 Å². The summed E-state index contributed by atoms with van der Waals surface area (Å²) in [7, 11) is 0. The standard InChI is InChI=1S/C13H11FN2O/c1-7-5-10(8(2)17-7)13-15-11-4-3-9(14)6-12(11)16-13/h3-6H,1-2H3,(H,15,16). The van der Waals surface area contributed by atoms with E-state index in [1.807, 2.05) is 19.9 Å². The predicted molar refractivity (Wildman–Crippen MR) is 63.2 cm³/mol. The monoisotopic (exact) mass is 230 g/mol. The number of imidazole rings is 1. The van der Waals surface area contributed by atoms with Gasteiger partial charge in [-0.05, 0) is 38.1 Å². The molecule has 1 N–H and O–H groups in total. The predicted octanol–water partition coefficient (Wildman–Crippen LogP) is 3.58. The molecule has 0 saturated carbocycles. The van der Waals surface area contributed by atoms with E-state index in [2.05, 4.69) is 9.97 Å². The lowest BCUT2D eigenvalue weighted by molar-refractivity contribution is 0.505. The Morgan fingerprint density at radius 1 is 1.24 bits per heavy atom. The Kier molecular flexibility index (Phi) is 2.04. The van der Waals surface area contributed by atoms with Crippen LogP contribution in [0.2, 0.25) is 0 Å². The number of rotatable bonds is 1. The number of aromatic nitrogens is 2. The lowest BCUT2D eigenvalue weighted by atomic mass is 10.2. The van der Waals surface area contributed by atoms with Gasteiger partial charge in [-0.1, -0.05) is 0 Å². The summed E-state index contributed by atoms with van der Waals surface area (Å²) in [4.78, 5) is 7.51. The molecule has 2 heterocycles. The normalized spacial score (nSPS) is 11.2. The van der Waals surface area contributed by atoms with E-state index >= 15 is 0 Å². The Labute approximate surface area is 97.3 Å². The van der Waals surface area contributed by atoms with Crippen LogP contribution < -0.4 is 0 Å². The molecule has 0 aliphatic heterocycles. The number of fused-ring (bicyclic) bond motifs is 1. The van der Waals surface area contributed by atoms with Crippen LogP contribution in [0.3, 0.4) is 0 Å². The fourth-order valence-corrected chi connectivity index (χ4v) is 1.98. The molecule has 0 aliphatic rings. The molecule has 0 saturated heterocycles. The summed E-state index contributed by atoms with van der Waals surface area (Å²) in [5.74, 6) is 2.08. The molecule has 0 amide bonds. The summed E-state index contributed by atoms with van der Waals surface area (Å²) < 4.78 is 18.5. The molecule has 3 rings (SSSR count). The largest absolute Gasteiger partial charge is 0.466 e. The quantitative estimate of drug-likeness (QED) is 0.694. The number of H-pyrrole nitrogens is 1. The number of aryl methyl sites for hydroxylation is 2. The van der Waals surface area contributed by atoms with Gasteiger partial charge in [0.25, 0.3) is 0 Å². The minimum absolute atomic E-state index is 0.271. The SMILES string of the molecule is Cc1cc(-c2nc3ccc(F)cc3[nH]2)c(C)o1. The number of aromatic amines is 1. The summed E-state index contributed by atoms with van der Waals surface area (Å²) in [6.45, 7) is 3.77. The third-order valence-electron chi connectivity index (χ3n) is 2.74. The summed E-state index contributed by atoms with van der Waals surface area (Å²) in [6, 6.07) is 6.42. The number of hydrogen-bond acceptors (Lipinski definition) is 2. The van der Waals surface area contributed by atoms with Gasteiger partial charge in [-0.25, -0.2) is 9.37 Å². The lowest BCUT2D eigenvalue weighted by Crippen LogP contribution is -1.78. The van der Waals surface area contributed by atoms with E-state index in [0.717, 1.165) is 22.6 Å². The van der Waals surface area contributed by atoms with Crippen molar-refractivity contribution in [2.75, 3.05) is 0 Å². The Morgan fingerprint density at radius 3 is 2.76 bits per heavy atom.